The fourth-order valence-electron chi connectivity index (χ4n) is 7.18. The summed E-state index contributed by atoms with van der Waals surface area (Å²) in [6, 6.07) is 17.3. The van der Waals surface area contributed by atoms with E-state index in [0.29, 0.717) is 65.0 Å². The Hall–Kier alpha value is -4.13. The van der Waals surface area contributed by atoms with Gasteiger partial charge in [0.15, 0.2) is 0 Å². The third-order valence-corrected chi connectivity index (χ3v) is 10.9. The molecule has 3 saturated heterocycles. The molecule has 4 aromatic rings. The molecule has 1 spiro atoms. The van der Waals surface area contributed by atoms with Crippen molar-refractivity contribution in [3.8, 4) is 40.0 Å². The molecule has 3 aliphatic heterocycles. The number of hydrogen-bond acceptors (Lipinski definition) is 9. The minimum Gasteiger partial charge on any atom is -0.481 e. The van der Waals surface area contributed by atoms with Crippen LogP contribution in [0, 0.1) is 0 Å². The van der Waals surface area contributed by atoms with Gasteiger partial charge in [-0.15, -0.1) is 0 Å². The van der Waals surface area contributed by atoms with Crippen LogP contribution in [0.1, 0.15) is 42.4 Å². The number of rotatable bonds is 13. The molecule has 3 fully saturated rings. The lowest BCUT2D eigenvalue weighted by Crippen LogP contribution is -2.66. The summed E-state index contributed by atoms with van der Waals surface area (Å²) < 4.78 is 17.3. The number of nitrogens with zero attached hydrogens (tertiary/aromatic N) is 3. The first-order valence-corrected chi connectivity index (χ1v) is 18.3. The third kappa shape index (κ3) is 7.65. The first-order valence-electron chi connectivity index (χ1n) is 17.2. The lowest BCUT2D eigenvalue weighted by Gasteiger charge is -2.48. The van der Waals surface area contributed by atoms with Crippen LogP contribution in [0.3, 0.4) is 0 Å². The molecule has 5 heterocycles. The van der Waals surface area contributed by atoms with Crippen molar-refractivity contribution in [2.45, 2.75) is 57.0 Å². The Bertz CT molecular complexity index is 2010. The van der Waals surface area contributed by atoms with E-state index in [9.17, 15) is 9.59 Å². The fraction of sp³-hybridized carbons (Fsp3) is 0.368. The molecule has 0 aliphatic carbocycles. The summed E-state index contributed by atoms with van der Waals surface area (Å²) in [7, 11) is 3.15. The monoisotopic (exact) mass is 764 g/mol. The highest BCUT2D eigenvalue weighted by molar-refractivity contribution is 6.38. The second kappa shape index (κ2) is 15.5. The average Bonchev–Trinajstić information content (AvgIpc) is 3.73. The molecule has 52 heavy (non-hydrogen) atoms. The molecule has 272 valence electrons. The Kier molecular flexibility index (Phi) is 10.8. The van der Waals surface area contributed by atoms with Crippen molar-refractivity contribution in [1.29, 1.82) is 0 Å². The van der Waals surface area contributed by atoms with E-state index in [2.05, 4.69) is 25.8 Å². The summed E-state index contributed by atoms with van der Waals surface area (Å²) >= 11 is 20.7. The largest absolute Gasteiger partial charge is 0.481 e. The van der Waals surface area contributed by atoms with Gasteiger partial charge in [-0.3, -0.25) is 14.5 Å². The van der Waals surface area contributed by atoms with Gasteiger partial charge in [0.2, 0.25) is 29.5 Å². The van der Waals surface area contributed by atoms with Crippen LogP contribution >= 0.6 is 34.8 Å². The molecule has 0 saturated carbocycles. The highest BCUT2D eigenvalue weighted by atomic mass is 35.5. The minimum absolute atomic E-state index is 0.0764. The maximum absolute atomic E-state index is 11.7. The second-order valence-electron chi connectivity index (χ2n) is 13.5. The number of aromatic nitrogens is 2. The summed E-state index contributed by atoms with van der Waals surface area (Å²) in [5.74, 6) is 1.34. The molecule has 14 heteroatoms. The lowest BCUT2D eigenvalue weighted by molar-refractivity contribution is -0.121. The normalized spacial score (nSPS) is 17.9. The molecule has 2 amide bonds. The molecule has 7 rings (SSSR count). The Morgan fingerprint density at radius 1 is 0.846 bits per heavy atom. The number of carbonyl (C=O) groups is 2. The number of amides is 2. The molecule has 0 bridgehead atoms. The SMILES string of the molecule is COc1nc(-c2cccc(-c3cccc(COc4nc(OC)c(CNC[C@H]5CCC(=O)N5)cc4Cl)c3Cl)c2Cl)ccc1CN1CC2(CCC(=O)N2)C1. The first-order chi connectivity index (χ1) is 25.1. The van der Waals surface area contributed by atoms with Gasteiger partial charge < -0.3 is 30.2 Å². The van der Waals surface area contributed by atoms with Crippen LogP contribution in [-0.4, -0.2) is 72.1 Å². The molecular weight excluding hydrogens is 727 g/mol. The number of carbonyl (C=O) groups excluding carboxylic acids is 2. The number of methoxy groups -OCH3 is 2. The predicted molar refractivity (Wildman–Crippen MR) is 200 cm³/mol. The van der Waals surface area contributed by atoms with Crippen LogP contribution in [0.15, 0.2) is 54.6 Å². The molecule has 2 aromatic heterocycles. The quantitative estimate of drug-likeness (QED) is 0.146. The minimum atomic E-state index is -0.0882. The number of halogens is 3. The first kappa shape index (κ1) is 36.2. The topological polar surface area (TPSA) is 127 Å². The van der Waals surface area contributed by atoms with Crippen molar-refractivity contribution in [2.24, 2.45) is 0 Å². The highest BCUT2D eigenvalue weighted by Crippen LogP contribution is 2.41. The fourth-order valence-corrected chi connectivity index (χ4v) is 8.02. The van der Waals surface area contributed by atoms with Crippen molar-refractivity contribution < 1.29 is 23.8 Å². The van der Waals surface area contributed by atoms with E-state index in [1.807, 2.05) is 48.5 Å². The van der Waals surface area contributed by atoms with Crippen LogP contribution in [-0.2, 0) is 29.3 Å². The maximum atomic E-state index is 11.7. The number of pyridine rings is 2. The summed E-state index contributed by atoms with van der Waals surface area (Å²) in [6.07, 6.45) is 2.83. The van der Waals surface area contributed by atoms with Gasteiger partial charge >= 0.3 is 0 Å². The molecular formula is C38H39Cl3N6O5. The summed E-state index contributed by atoms with van der Waals surface area (Å²) in [5.41, 5.74) is 5.25. The van der Waals surface area contributed by atoms with Gasteiger partial charge in [-0.05, 0) is 25.0 Å². The van der Waals surface area contributed by atoms with Crippen LogP contribution < -0.4 is 30.2 Å². The number of hydrogen-bond donors (Lipinski definition) is 3. The van der Waals surface area contributed by atoms with Crippen LogP contribution in [0.5, 0.6) is 17.6 Å². The lowest BCUT2D eigenvalue weighted by atomic mass is 9.88. The highest BCUT2D eigenvalue weighted by Gasteiger charge is 2.47. The van der Waals surface area contributed by atoms with E-state index < -0.39 is 0 Å². The number of likely N-dealkylation sites (tertiary alicyclic amines) is 1. The van der Waals surface area contributed by atoms with E-state index in [1.165, 1.54) is 0 Å². The van der Waals surface area contributed by atoms with Crippen LogP contribution in [0.4, 0.5) is 0 Å². The van der Waals surface area contributed by atoms with Crippen LogP contribution in [0.25, 0.3) is 22.4 Å². The van der Waals surface area contributed by atoms with E-state index in [-0.39, 0.29) is 35.9 Å². The molecule has 2 aromatic carbocycles. The van der Waals surface area contributed by atoms with E-state index in [0.717, 1.165) is 59.3 Å². The Morgan fingerprint density at radius 3 is 2.29 bits per heavy atom. The smallest absolute Gasteiger partial charge is 0.236 e. The average molecular weight is 766 g/mol. The zero-order valence-electron chi connectivity index (χ0n) is 28.9. The van der Waals surface area contributed by atoms with E-state index >= 15 is 0 Å². The van der Waals surface area contributed by atoms with Crippen molar-refractivity contribution >= 4 is 46.6 Å². The van der Waals surface area contributed by atoms with Gasteiger partial charge in [0.25, 0.3) is 0 Å². The van der Waals surface area contributed by atoms with Gasteiger partial charge in [-0.1, -0.05) is 77.3 Å². The molecule has 3 N–H and O–H groups in total. The van der Waals surface area contributed by atoms with Gasteiger partial charge in [0.1, 0.15) is 11.6 Å². The maximum Gasteiger partial charge on any atom is 0.236 e. The van der Waals surface area contributed by atoms with E-state index in [1.54, 1.807) is 20.3 Å². The molecule has 11 nitrogen and oxygen atoms in total. The molecule has 0 unspecified atom stereocenters. The predicted octanol–water partition coefficient (Wildman–Crippen LogP) is 6.20. The number of benzene rings is 2. The molecule has 0 radical (unpaired) electrons. The number of nitrogens with one attached hydrogen (secondary N) is 3. The molecule has 3 aliphatic rings. The van der Waals surface area contributed by atoms with Gasteiger partial charge in [0, 0.05) is 85.0 Å². The van der Waals surface area contributed by atoms with Crippen molar-refractivity contribution in [3.05, 3.63) is 86.4 Å². The Balaban J connectivity index is 1.04. The van der Waals surface area contributed by atoms with Crippen molar-refractivity contribution in [3.63, 3.8) is 0 Å². The van der Waals surface area contributed by atoms with Gasteiger partial charge in [-0.2, -0.15) is 4.98 Å². The Labute approximate surface area is 317 Å². The van der Waals surface area contributed by atoms with Gasteiger partial charge in [0.05, 0.1) is 35.5 Å². The van der Waals surface area contributed by atoms with Crippen molar-refractivity contribution in [1.82, 2.24) is 30.8 Å². The summed E-state index contributed by atoms with van der Waals surface area (Å²) in [6.45, 7) is 3.49. The Morgan fingerprint density at radius 2 is 1.58 bits per heavy atom. The standard InChI is InChI=1S/C38H39Cl3N6O5/c1-50-35-22(18-47-20-38(21-47)14-13-32(49)46-38)9-11-30(44-35)28-8-4-7-27(34(28)41)26-6-3-5-23(33(26)40)19-52-37-29(39)15-24(36(45-37)51-2)16-42-17-25-10-12-31(48)43-25/h3-9,11,15,25,42H,10,12-14,16-21H2,1-2H3,(H,43,48)(H,46,49)/t25-/m1/s1. The van der Waals surface area contributed by atoms with E-state index in [4.69, 9.17) is 54.0 Å². The second-order valence-corrected chi connectivity index (χ2v) is 14.6. The van der Waals surface area contributed by atoms with Crippen LogP contribution in [0.2, 0.25) is 15.1 Å². The number of ether oxygens (including phenoxy) is 3. The van der Waals surface area contributed by atoms with Gasteiger partial charge in [-0.25, -0.2) is 4.98 Å². The zero-order valence-corrected chi connectivity index (χ0v) is 31.1. The third-order valence-electron chi connectivity index (χ3n) is 9.79. The van der Waals surface area contributed by atoms with Crippen molar-refractivity contribution in [2.75, 3.05) is 33.9 Å². The zero-order chi connectivity index (χ0) is 36.4. The summed E-state index contributed by atoms with van der Waals surface area (Å²) in [4.78, 5) is 34.9. The molecule has 1 atom stereocenters. The summed E-state index contributed by atoms with van der Waals surface area (Å²) in [5, 5.41) is 10.7.